The summed E-state index contributed by atoms with van der Waals surface area (Å²) in [5.41, 5.74) is -2.98. The number of carboxylic acids is 1. The molecule has 0 aromatic carbocycles. The normalized spacial score (nSPS) is 21.5. The summed E-state index contributed by atoms with van der Waals surface area (Å²) < 4.78 is 37.4. The Bertz CT molecular complexity index is 1070. The van der Waals surface area contributed by atoms with Crippen molar-refractivity contribution in [3.05, 3.63) is 53.0 Å². The molecule has 2 aromatic heterocycles. The summed E-state index contributed by atoms with van der Waals surface area (Å²) in [6.07, 6.45) is 2.15. The number of hydrogen-bond donors (Lipinski definition) is 1. The maximum absolute atomic E-state index is 15.8. The minimum atomic E-state index is -3.65. The van der Waals surface area contributed by atoms with E-state index in [9.17, 15) is 14.7 Å². The van der Waals surface area contributed by atoms with Crippen LogP contribution in [0.5, 0.6) is 0 Å². The van der Waals surface area contributed by atoms with Crippen LogP contribution >= 0.6 is 0 Å². The van der Waals surface area contributed by atoms with E-state index in [-0.39, 0.29) is 35.8 Å². The first-order chi connectivity index (χ1) is 14.5. The second-order valence-corrected chi connectivity index (χ2v) is 14.8. The molecule has 7 nitrogen and oxygen atoms in total. The third kappa shape index (κ3) is 3.25. The molecule has 0 fully saturated rings. The van der Waals surface area contributed by atoms with E-state index in [0.717, 1.165) is 23.2 Å². The fraction of sp³-hybridized carbons (Fsp3) is 0.429. The Morgan fingerprint density at radius 1 is 1.29 bits per heavy atom. The Labute approximate surface area is 179 Å². The van der Waals surface area contributed by atoms with Crippen molar-refractivity contribution in [2.75, 3.05) is 18.2 Å². The van der Waals surface area contributed by atoms with E-state index in [1.807, 2.05) is 0 Å². The Balaban J connectivity index is 1.72. The largest absolute Gasteiger partial charge is 0.478 e. The van der Waals surface area contributed by atoms with Crippen LogP contribution in [-0.2, 0) is 27.3 Å². The summed E-state index contributed by atoms with van der Waals surface area (Å²) in [5, 5.41) is 9.19. The van der Waals surface area contributed by atoms with Crippen LogP contribution in [-0.4, -0.2) is 48.4 Å². The molecular formula is C21H23F2N3O4Si. The first kappa shape index (κ1) is 21.5. The van der Waals surface area contributed by atoms with Crippen LogP contribution in [0.25, 0.3) is 0 Å². The Morgan fingerprint density at radius 2 is 2.03 bits per heavy atom. The van der Waals surface area contributed by atoms with Crippen molar-refractivity contribution in [2.24, 2.45) is 0 Å². The Hall–Kier alpha value is -2.72. The average molecular weight is 448 g/mol. The number of nitrogens with zero attached hydrogens (tertiary/aromatic N) is 3. The molecule has 1 aliphatic heterocycles. The number of hydrogen-bond acceptors (Lipinski definition) is 5. The highest BCUT2D eigenvalue weighted by atomic mass is 28.3. The van der Waals surface area contributed by atoms with Crippen molar-refractivity contribution in [1.29, 1.82) is 0 Å². The molecule has 1 N–H and O–H groups in total. The number of fused-ring (bicyclic) bond motifs is 3. The maximum Gasteiger partial charge on any atom is 0.337 e. The number of ether oxygens (including phenoxy) is 1. The van der Waals surface area contributed by atoms with Crippen LogP contribution in [0.15, 0.2) is 30.6 Å². The van der Waals surface area contributed by atoms with E-state index in [1.165, 1.54) is 18.3 Å². The molecule has 2 aromatic rings. The van der Waals surface area contributed by atoms with Gasteiger partial charge in [0.2, 0.25) is 5.91 Å². The lowest BCUT2D eigenvalue weighted by molar-refractivity contribution is -0.141. The SMILES string of the molecule is C[Si](C)(C)CCOCN1C(=O)C2(Cc3ncc(C(=O)O)cc3C2(F)F)c2cccnc21. The molecule has 1 amide bonds. The molecule has 31 heavy (non-hydrogen) atoms. The number of aromatic nitrogens is 2. The summed E-state index contributed by atoms with van der Waals surface area (Å²) in [6, 6.07) is 4.77. The van der Waals surface area contributed by atoms with Gasteiger partial charge in [0.05, 0.1) is 11.3 Å². The third-order valence-corrected chi connectivity index (χ3v) is 7.56. The molecule has 3 heterocycles. The minimum absolute atomic E-state index is 0.0136. The molecule has 1 unspecified atom stereocenters. The lowest BCUT2D eigenvalue weighted by Crippen LogP contribution is -2.49. The highest BCUT2D eigenvalue weighted by Crippen LogP contribution is 2.60. The first-order valence-electron chi connectivity index (χ1n) is 9.95. The van der Waals surface area contributed by atoms with Crippen LogP contribution in [0.4, 0.5) is 14.6 Å². The summed E-state index contributed by atoms with van der Waals surface area (Å²) in [4.78, 5) is 34.1. The fourth-order valence-corrected chi connectivity index (χ4v) is 4.89. The highest BCUT2D eigenvalue weighted by Gasteiger charge is 2.71. The number of pyridine rings is 2. The van der Waals surface area contributed by atoms with Gasteiger partial charge in [-0.1, -0.05) is 25.7 Å². The van der Waals surface area contributed by atoms with Crippen molar-refractivity contribution in [3.8, 4) is 0 Å². The topological polar surface area (TPSA) is 92.6 Å². The summed E-state index contributed by atoms with van der Waals surface area (Å²) in [6.45, 7) is 6.83. The average Bonchev–Trinajstić information content (AvgIpc) is 3.08. The van der Waals surface area contributed by atoms with E-state index in [0.29, 0.717) is 6.61 Å². The number of anilines is 1. The number of aromatic carboxylic acids is 1. The highest BCUT2D eigenvalue weighted by molar-refractivity contribution is 6.76. The molecule has 0 saturated heterocycles. The molecule has 0 bridgehead atoms. The van der Waals surface area contributed by atoms with E-state index < -0.39 is 36.9 Å². The molecule has 0 radical (unpaired) electrons. The fourth-order valence-electron chi connectivity index (χ4n) is 4.13. The van der Waals surface area contributed by atoms with Crippen LogP contribution in [0.2, 0.25) is 25.7 Å². The molecule has 1 aliphatic carbocycles. The van der Waals surface area contributed by atoms with Crippen LogP contribution in [0, 0.1) is 0 Å². The van der Waals surface area contributed by atoms with Crippen LogP contribution < -0.4 is 4.90 Å². The molecule has 164 valence electrons. The Morgan fingerprint density at radius 3 is 2.71 bits per heavy atom. The quantitative estimate of drug-likeness (QED) is 0.539. The van der Waals surface area contributed by atoms with E-state index in [4.69, 9.17) is 4.74 Å². The standard InChI is InChI=1S/C21H23F2N3O4Si/c1-31(2,3)8-7-30-12-26-17-14(5-4-6-24-17)20(19(26)29)10-16-15(21(20,22)23)9-13(11-25-16)18(27)28/h4-6,9,11H,7-8,10,12H2,1-3H3,(H,27,28). The van der Waals surface area contributed by atoms with Crippen molar-refractivity contribution >= 4 is 25.8 Å². The van der Waals surface area contributed by atoms with Gasteiger partial charge in [0, 0.05) is 44.6 Å². The van der Waals surface area contributed by atoms with Gasteiger partial charge in [0.25, 0.3) is 5.92 Å². The monoisotopic (exact) mass is 447 g/mol. The van der Waals surface area contributed by atoms with Gasteiger partial charge in [0.1, 0.15) is 12.5 Å². The zero-order valence-corrected chi connectivity index (χ0v) is 18.5. The summed E-state index contributed by atoms with van der Waals surface area (Å²) >= 11 is 0. The first-order valence-corrected chi connectivity index (χ1v) is 13.7. The predicted octanol–water partition coefficient (Wildman–Crippen LogP) is 3.42. The van der Waals surface area contributed by atoms with Crippen molar-refractivity contribution < 1.29 is 28.2 Å². The number of carboxylic acid groups (broad SMARTS) is 1. The van der Waals surface area contributed by atoms with Crippen LogP contribution in [0.3, 0.4) is 0 Å². The van der Waals surface area contributed by atoms with E-state index >= 15 is 8.78 Å². The number of alkyl halides is 2. The zero-order valence-electron chi connectivity index (χ0n) is 17.5. The predicted molar refractivity (Wildman–Crippen MR) is 111 cm³/mol. The van der Waals surface area contributed by atoms with Gasteiger partial charge in [-0.2, -0.15) is 8.78 Å². The number of rotatable bonds is 6. The minimum Gasteiger partial charge on any atom is -0.478 e. The lowest BCUT2D eigenvalue weighted by Gasteiger charge is -2.30. The molecule has 2 aliphatic rings. The number of amides is 1. The van der Waals surface area contributed by atoms with Gasteiger partial charge in [-0.25, -0.2) is 9.78 Å². The number of carbonyl (C=O) groups is 2. The smallest absolute Gasteiger partial charge is 0.337 e. The van der Waals surface area contributed by atoms with Gasteiger partial charge in [-0.15, -0.1) is 0 Å². The van der Waals surface area contributed by atoms with Crippen LogP contribution in [0.1, 0.15) is 27.2 Å². The number of carbonyl (C=O) groups excluding carboxylic acids is 1. The molecule has 0 saturated carbocycles. The van der Waals surface area contributed by atoms with Gasteiger partial charge in [-0.3, -0.25) is 14.7 Å². The lowest BCUT2D eigenvalue weighted by atomic mass is 9.76. The van der Waals surface area contributed by atoms with Crippen molar-refractivity contribution in [2.45, 2.75) is 43.4 Å². The van der Waals surface area contributed by atoms with Crippen molar-refractivity contribution in [3.63, 3.8) is 0 Å². The Kier molecular flexibility index (Phi) is 4.97. The van der Waals surface area contributed by atoms with Gasteiger partial charge < -0.3 is 9.84 Å². The second kappa shape index (κ2) is 7.16. The van der Waals surface area contributed by atoms with Crippen molar-refractivity contribution in [1.82, 2.24) is 9.97 Å². The number of halogens is 2. The maximum atomic E-state index is 15.8. The van der Waals surface area contributed by atoms with E-state index in [1.54, 1.807) is 0 Å². The molecule has 1 spiro atoms. The second-order valence-electron chi connectivity index (χ2n) is 9.14. The molecular weight excluding hydrogens is 424 g/mol. The molecule has 1 atom stereocenters. The van der Waals surface area contributed by atoms with Gasteiger partial charge in [-0.05, 0) is 18.2 Å². The molecule has 4 rings (SSSR count). The van der Waals surface area contributed by atoms with Gasteiger partial charge in [0.15, 0.2) is 5.41 Å². The summed E-state index contributed by atoms with van der Waals surface area (Å²) in [7, 11) is -1.36. The van der Waals surface area contributed by atoms with E-state index in [2.05, 4.69) is 29.6 Å². The molecule has 10 heteroatoms. The third-order valence-electron chi connectivity index (χ3n) is 5.85. The van der Waals surface area contributed by atoms with Gasteiger partial charge >= 0.3 is 5.97 Å². The summed E-state index contributed by atoms with van der Waals surface area (Å²) in [5.74, 6) is -5.67. The zero-order chi connectivity index (χ0) is 22.6.